The standard InChI is InChI=1S/C28H24BrN3O3S/c1-3-31(36(34,35)24-17-12-20-8-4-5-9-21(20)18-24)19(2)27-30-26-11-7-6-10-25(26)28(33)32(27)23-15-13-22(29)14-16-23/h4-19H,3H2,1-2H3. The molecule has 36 heavy (non-hydrogen) atoms. The molecule has 0 N–H and O–H groups in total. The topological polar surface area (TPSA) is 72.3 Å². The van der Waals surface area contributed by atoms with E-state index in [0.29, 0.717) is 22.4 Å². The quantitative estimate of drug-likeness (QED) is 0.252. The molecular weight excluding hydrogens is 538 g/mol. The van der Waals surface area contributed by atoms with Gasteiger partial charge in [-0.2, -0.15) is 4.31 Å². The Hall–Kier alpha value is -3.33. The van der Waals surface area contributed by atoms with Crippen molar-refractivity contribution in [2.75, 3.05) is 6.54 Å². The van der Waals surface area contributed by atoms with Gasteiger partial charge in [0.25, 0.3) is 5.56 Å². The van der Waals surface area contributed by atoms with Gasteiger partial charge in [0.05, 0.1) is 27.5 Å². The van der Waals surface area contributed by atoms with Gasteiger partial charge >= 0.3 is 0 Å². The Morgan fingerprint density at radius 1 is 0.917 bits per heavy atom. The number of hydrogen-bond donors (Lipinski definition) is 0. The summed E-state index contributed by atoms with van der Waals surface area (Å²) in [6, 6.07) is 26.5. The number of aromatic nitrogens is 2. The van der Waals surface area contributed by atoms with E-state index in [4.69, 9.17) is 4.98 Å². The highest BCUT2D eigenvalue weighted by Crippen LogP contribution is 2.30. The van der Waals surface area contributed by atoms with Crippen LogP contribution in [0, 0.1) is 0 Å². The third-order valence-corrected chi connectivity index (χ3v) is 8.90. The highest BCUT2D eigenvalue weighted by Gasteiger charge is 2.32. The lowest BCUT2D eigenvalue weighted by molar-refractivity contribution is 0.340. The maximum atomic E-state index is 13.9. The Morgan fingerprint density at radius 3 is 2.31 bits per heavy atom. The van der Waals surface area contributed by atoms with Crippen molar-refractivity contribution in [1.82, 2.24) is 13.9 Å². The molecule has 0 fully saturated rings. The summed E-state index contributed by atoms with van der Waals surface area (Å²) in [5.74, 6) is 0.354. The van der Waals surface area contributed by atoms with Crippen molar-refractivity contribution >= 4 is 47.6 Å². The van der Waals surface area contributed by atoms with Crippen LogP contribution >= 0.6 is 15.9 Å². The fourth-order valence-electron chi connectivity index (χ4n) is 4.51. The molecule has 1 unspecified atom stereocenters. The van der Waals surface area contributed by atoms with Crippen molar-refractivity contribution in [3.8, 4) is 5.69 Å². The van der Waals surface area contributed by atoms with Crippen molar-refractivity contribution in [3.05, 3.63) is 112 Å². The summed E-state index contributed by atoms with van der Waals surface area (Å²) in [5.41, 5.74) is 0.892. The van der Waals surface area contributed by atoms with Crippen molar-refractivity contribution in [2.45, 2.75) is 24.8 Å². The van der Waals surface area contributed by atoms with Crippen LogP contribution in [-0.2, 0) is 10.0 Å². The highest BCUT2D eigenvalue weighted by atomic mass is 79.9. The lowest BCUT2D eigenvalue weighted by Crippen LogP contribution is -2.37. The van der Waals surface area contributed by atoms with Gasteiger partial charge in [-0.05, 0) is 66.2 Å². The van der Waals surface area contributed by atoms with Crippen LogP contribution in [0.2, 0.25) is 0 Å². The number of nitrogens with zero attached hydrogens (tertiary/aromatic N) is 3. The van der Waals surface area contributed by atoms with Crippen LogP contribution in [-0.4, -0.2) is 28.8 Å². The maximum Gasteiger partial charge on any atom is 0.266 e. The van der Waals surface area contributed by atoms with Crippen molar-refractivity contribution in [2.24, 2.45) is 0 Å². The van der Waals surface area contributed by atoms with E-state index >= 15 is 0 Å². The van der Waals surface area contributed by atoms with Crippen molar-refractivity contribution in [3.63, 3.8) is 0 Å². The first-order chi connectivity index (χ1) is 17.3. The fraction of sp³-hybridized carbons (Fsp3) is 0.143. The Bertz CT molecular complexity index is 1750. The van der Waals surface area contributed by atoms with E-state index in [2.05, 4.69) is 15.9 Å². The Balaban J connectivity index is 1.69. The molecule has 1 aromatic heterocycles. The number of sulfonamides is 1. The molecule has 1 atom stereocenters. The largest absolute Gasteiger partial charge is 0.268 e. The summed E-state index contributed by atoms with van der Waals surface area (Å²) < 4.78 is 31.5. The molecule has 0 bridgehead atoms. The van der Waals surface area contributed by atoms with Crippen LogP contribution in [0.5, 0.6) is 0 Å². The zero-order valence-electron chi connectivity index (χ0n) is 19.8. The lowest BCUT2D eigenvalue weighted by atomic mass is 10.1. The third-order valence-electron chi connectivity index (χ3n) is 6.33. The van der Waals surface area contributed by atoms with Gasteiger partial charge in [-0.15, -0.1) is 0 Å². The average molecular weight is 562 g/mol. The van der Waals surface area contributed by atoms with Gasteiger partial charge in [-0.3, -0.25) is 9.36 Å². The first-order valence-electron chi connectivity index (χ1n) is 11.6. The second kappa shape index (κ2) is 9.61. The van der Waals surface area contributed by atoms with Crippen LogP contribution in [0.15, 0.2) is 105 Å². The highest BCUT2D eigenvalue weighted by molar-refractivity contribution is 9.10. The molecule has 0 saturated heterocycles. The van der Waals surface area contributed by atoms with E-state index in [0.717, 1.165) is 15.2 Å². The molecule has 4 aromatic carbocycles. The fourth-order valence-corrected chi connectivity index (χ4v) is 6.42. The minimum Gasteiger partial charge on any atom is -0.268 e. The zero-order valence-corrected chi connectivity index (χ0v) is 22.2. The molecule has 0 aliphatic heterocycles. The molecular formula is C28H24BrN3O3S. The Morgan fingerprint density at radius 2 is 1.58 bits per heavy atom. The lowest BCUT2D eigenvalue weighted by Gasteiger charge is -2.29. The second-order valence-electron chi connectivity index (χ2n) is 8.50. The summed E-state index contributed by atoms with van der Waals surface area (Å²) in [6.45, 7) is 3.77. The van der Waals surface area contributed by atoms with E-state index in [-0.39, 0.29) is 17.0 Å². The first-order valence-corrected chi connectivity index (χ1v) is 13.8. The second-order valence-corrected chi connectivity index (χ2v) is 11.3. The molecule has 0 amide bonds. The molecule has 5 rings (SSSR count). The minimum atomic E-state index is -3.89. The van der Waals surface area contributed by atoms with Crippen LogP contribution in [0.4, 0.5) is 0 Å². The number of halogens is 1. The van der Waals surface area contributed by atoms with Gasteiger partial charge in [-0.1, -0.05) is 65.3 Å². The molecule has 0 spiro atoms. The van der Waals surface area contributed by atoms with Gasteiger partial charge in [0.1, 0.15) is 5.82 Å². The maximum absolute atomic E-state index is 13.9. The predicted molar refractivity (Wildman–Crippen MR) is 147 cm³/mol. The van der Waals surface area contributed by atoms with Crippen LogP contribution in [0.1, 0.15) is 25.7 Å². The summed E-state index contributed by atoms with van der Waals surface area (Å²) in [6.07, 6.45) is 0. The molecule has 6 nitrogen and oxygen atoms in total. The van der Waals surface area contributed by atoms with Gasteiger partial charge in [0.15, 0.2) is 0 Å². The van der Waals surface area contributed by atoms with Crippen molar-refractivity contribution < 1.29 is 8.42 Å². The van der Waals surface area contributed by atoms with Crippen LogP contribution < -0.4 is 5.56 Å². The average Bonchev–Trinajstić information content (AvgIpc) is 2.89. The van der Waals surface area contributed by atoms with E-state index in [1.165, 1.54) is 8.87 Å². The summed E-state index contributed by atoms with van der Waals surface area (Å²) >= 11 is 3.44. The number of para-hydroxylation sites is 1. The smallest absolute Gasteiger partial charge is 0.266 e. The third kappa shape index (κ3) is 4.25. The molecule has 0 radical (unpaired) electrons. The number of fused-ring (bicyclic) bond motifs is 2. The van der Waals surface area contributed by atoms with E-state index < -0.39 is 16.1 Å². The van der Waals surface area contributed by atoms with Crippen LogP contribution in [0.25, 0.3) is 27.4 Å². The summed E-state index contributed by atoms with van der Waals surface area (Å²) in [7, 11) is -3.89. The van der Waals surface area contributed by atoms with Gasteiger partial charge in [0, 0.05) is 11.0 Å². The summed E-state index contributed by atoms with van der Waals surface area (Å²) in [5, 5.41) is 2.28. The van der Waals surface area contributed by atoms with Gasteiger partial charge < -0.3 is 0 Å². The minimum absolute atomic E-state index is 0.202. The normalized spacial score (nSPS) is 12.9. The molecule has 0 saturated carbocycles. The molecule has 1 heterocycles. The number of rotatable bonds is 6. The van der Waals surface area contributed by atoms with E-state index in [1.807, 2.05) is 60.7 Å². The number of hydrogen-bond acceptors (Lipinski definition) is 4. The molecule has 0 aliphatic rings. The van der Waals surface area contributed by atoms with Crippen LogP contribution in [0.3, 0.4) is 0 Å². The van der Waals surface area contributed by atoms with Crippen molar-refractivity contribution in [1.29, 1.82) is 0 Å². The molecule has 5 aromatic rings. The monoisotopic (exact) mass is 561 g/mol. The number of benzene rings is 4. The van der Waals surface area contributed by atoms with E-state index in [1.54, 1.807) is 44.2 Å². The SMILES string of the molecule is CCN(C(C)c1nc2ccccc2c(=O)n1-c1ccc(Br)cc1)S(=O)(=O)c1ccc2ccccc2c1. The van der Waals surface area contributed by atoms with Gasteiger partial charge in [0.2, 0.25) is 10.0 Å². The Kier molecular flexibility index (Phi) is 6.51. The molecule has 0 aliphatic carbocycles. The van der Waals surface area contributed by atoms with Gasteiger partial charge in [-0.25, -0.2) is 13.4 Å². The molecule has 8 heteroatoms. The Labute approximate surface area is 218 Å². The summed E-state index contributed by atoms with van der Waals surface area (Å²) in [4.78, 5) is 18.7. The predicted octanol–water partition coefficient (Wildman–Crippen LogP) is 6.07. The van der Waals surface area contributed by atoms with E-state index in [9.17, 15) is 13.2 Å². The zero-order chi connectivity index (χ0) is 25.4. The first kappa shape index (κ1) is 24.4. The molecule has 182 valence electrons.